The maximum atomic E-state index is 14.4. The van der Waals surface area contributed by atoms with Crippen LogP contribution < -0.4 is 15.0 Å². The van der Waals surface area contributed by atoms with Crippen molar-refractivity contribution in [2.75, 3.05) is 57.4 Å². The molecule has 5 heterocycles. The van der Waals surface area contributed by atoms with E-state index in [1.807, 2.05) is 34.6 Å². The van der Waals surface area contributed by atoms with Gasteiger partial charge in [0.25, 0.3) is 5.91 Å². The van der Waals surface area contributed by atoms with E-state index in [2.05, 4.69) is 25.1 Å². The summed E-state index contributed by atoms with van der Waals surface area (Å²) in [6, 6.07) is 3.71. The van der Waals surface area contributed by atoms with Crippen LogP contribution in [0.5, 0.6) is 11.5 Å². The number of carbonyl (C=O) groups excluding carboxylic acids is 2. The predicted molar refractivity (Wildman–Crippen MR) is 177 cm³/mol. The van der Waals surface area contributed by atoms with Crippen LogP contribution in [0.1, 0.15) is 70.7 Å². The lowest BCUT2D eigenvalue weighted by Gasteiger charge is -2.54. The Hall–Kier alpha value is -3.55. The molecule has 0 unspecified atom stereocenters. The molecule has 0 radical (unpaired) electrons. The van der Waals surface area contributed by atoms with Crippen LogP contribution in [0.4, 0.5) is 15.0 Å². The fourth-order valence-corrected chi connectivity index (χ4v) is 7.31. The number of nitrogens with one attached hydrogen (secondary N) is 1. The molecule has 0 aliphatic carbocycles. The van der Waals surface area contributed by atoms with Crippen LogP contribution in [-0.4, -0.2) is 114 Å². The number of halogens is 1. The van der Waals surface area contributed by atoms with Gasteiger partial charge in [0.05, 0.1) is 55.8 Å². The molecule has 262 valence electrons. The number of hydrogen-bond donors (Lipinski definition) is 1. The van der Waals surface area contributed by atoms with Gasteiger partial charge in [-0.05, 0) is 91.6 Å². The molecular weight excluding hydrogens is 619 g/mol. The van der Waals surface area contributed by atoms with E-state index in [-0.39, 0.29) is 46.9 Å². The first-order valence-electron chi connectivity index (χ1n) is 17.1. The summed E-state index contributed by atoms with van der Waals surface area (Å²) in [5, 5.41) is 2.93. The van der Waals surface area contributed by atoms with Gasteiger partial charge in [0.15, 0.2) is 11.6 Å². The Bertz CT molecular complexity index is 1440. The summed E-state index contributed by atoms with van der Waals surface area (Å²) >= 11 is 0. The summed E-state index contributed by atoms with van der Waals surface area (Å²) in [7, 11) is 0. The van der Waals surface area contributed by atoms with E-state index in [4.69, 9.17) is 18.9 Å². The van der Waals surface area contributed by atoms with E-state index >= 15 is 0 Å². The van der Waals surface area contributed by atoms with Crippen LogP contribution in [-0.2, 0) is 14.2 Å². The van der Waals surface area contributed by atoms with E-state index in [0.29, 0.717) is 31.4 Å². The molecule has 4 fully saturated rings. The Morgan fingerprint density at radius 2 is 1.79 bits per heavy atom. The highest BCUT2D eigenvalue weighted by atomic mass is 19.1. The van der Waals surface area contributed by atoms with Crippen LogP contribution in [0.2, 0.25) is 0 Å². The largest absolute Gasteiger partial charge is 0.451 e. The van der Waals surface area contributed by atoms with Crippen LogP contribution >= 0.6 is 0 Å². The Morgan fingerprint density at radius 1 is 1.06 bits per heavy atom. The topological polar surface area (TPSA) is 119 Å². The molecule has 48 heavy (non-hydrogen) atoms. The zero-order valence-corrected chi connectivity index (χ0v) is 28.7. The van der Waals surface area contributed by atoms with Crippen molar-refractivity contribution >= 4 is 17.8 Å². The van der Waals surface area contributed by atoms with E-state index < -0.39 is 17.5 Å². The fraction of sp³-hybridized carbons (Fsp3) is 0.657. The fourth-order valence-electron chi connectivity index (χ4n) is 7.31. The third-order valence-corrected chi connectivity index (χ3v) is 9.77. The van der Waals surface area contributed by atoms with Gasteiger partial charge in [-0.1, -0.05) is 0 Å². The van der Waals surface area contributed by atoms with Crippen LogP contribution in [0.3, 0.4) is 0 Å². The first-order chi connectivity index (χ1) is 22.9. The molecule has 1 aromatic heterocycles. The number of aromatic nitrogens is 2. The first kappa shape index (κ1) is 34.3. The van der Waals surface area contributed by atoms with Crippen LogP contribution in [0.15, 0.2) is 30.7 Å². The number of morpholine rings is 1. The zero-order valence-electron chi connectivity index (χ0n) is 28.7. The van der Waals surface area contributed by atoms with Gasteiger partial charge in [-0.3, -0.25) is 4.79 Å². The van der Waals surface area contributed by atoms with Gasteiger partial charge < -0.3 is 39.0 Å². The number of rotatable bonds is 7. The minimum Gasteiger partial charge on any atom is -0.451 e. The third-order valence-electron chi connectivity index (χ3n) is 9.77. The van der Waals surface area contributed by atoms with E-state index in [1.165, 1.54) is 24.5 Å². The summed E-state index contributed by atoms with van der Waals surface area (Å²) in [6.07, 6.45) is 6.80. The standard InChI is InChI=1S/C35H49FN6O6/c1-23-17-45-18-24(2)42(23)32(43)28-14-25(36)6-9-29(28)47-30-15-37-22-38-31(30)41-20-35(21-41)10-12-40(13-11-35)16-27-8-7-26(19-46-27)39-33(44)48-34(3,4)5/h6,9,14-15,22-24,26-27H,7-8,10-13,16-21H2,1-5H3,(H,39,44)/t23-,24-,26-,27+/m1/s1. The monoisotopic (exact) mass is 668 g/mol. The number of benzene rings is 1. The zero-order chi connectivity index (χ0) is 34.1. The molecule has 2 amide bonds. The normalized spacial score (nSPS) is 26.1. The van der Waals surface area contributed by atoms with Gasteiger partial charge in [0.2, 0.25) is 0 Å². The van der Waals surface area contributed by atoms with Gasteiger partial charge in [0, 0.05) is 25.0 Å². The van der Waals surface area contributed by atoms with Gasteiger partial charge in [-0.15, -0.1) is 0 Å². The molecule has 6 rings (SSSR count). The second-order valence-corrected chi connectivity index (χ2v) is 14.9. The minimum atomic E-state index is -0.521. The second kappa shape index (κ2) is 14.1. The molecule has 1 aromatic carbocycles. The highest BCUT2D eigenvalue weighted by Gasteiger charge is 2.46. The van der Waals surface area contributed by atoms with Crippen LogP contribution in [0, 0.1) is 11.2 Å². The lowest BCUT2D eigenvalue weighted by atomic mass is 9.72. The van der Waals surface area contributed by atoms with Crippen molar-refractivity contribution in [1.82, 2.24) is 25.1 Å². The van der Waals surface area contributed by atoms with Crippen molar-refractivity contribution in [2.45, 2.75) is 90.1 Å². The second-order valence-electron chi connectivity index (χ2n) is 14.9. The predicted octanol–water partition coefficient (Wildman–Crippen LogP) is 4.63. The number of piperidine rings is 1. The van der Waals surface area contributed by atoms with Crippen molar-refractivity contribution in [3.05, 3.63) is 42.1 Å². The Labute approximate surface area is 282 Å². The maximum Gasteiger partial charge on any atom is 0.407 e. The lowest BCUT2D eigenvalue weighted by Crippen LogP contribution is -2.61. The molecule has 0 bridgehead atoms. The van der Waals surface area contributed by atoms with E-state index in [0.717, 1.165) is 58.4 Å². The highest BCUT2D eigenvalue weighted by Crippen LogP contribution is 2.45. The molecule has 1 N–H and O–H groups in total. The average Bonchev–Trinajstić information content (AvgIpc) is 3.01. The Morgan fingerprint density at radius 3 is 2.46 bits per heavy atom. The summed E-state index contributed by atoms with van der Waals surface area (Å²) < 4.78 is 37.8. The SMILES string of the molecule is C[C@@H]1COC[C@@H](C)N1C(=O)c1cc(F)ccc1Oc1cncnc1N1CC2(CCN(C[C@@H]3CC[C@@H](NC(=O)OC(C)(C)C)CO3)CC2)C1. The van der Waals surface area contributed by atoms with E-state index in [9.17, 15) is 14.0 Å². The van der Waals surface area contributed by atoms with Crippen molar-refractivity contribution < 1.29 is 32.9 Å². The Balaban J connectivity index is 1.01. The number of ether oxygens (including phenoxy) is 4. The smallest absolute Gasteiger partial charge is 0.407 e. The molecule has 4 aliphatic rings. The van der Waals surface area contributed by atoms with Gasteiger partial charge in [0.1, 0.15) is 23.5 Å². The molecule has 13 heteroatoms. The van der Waals surface area contributed by atoms with Crippen LogP contribution in [0.25, 0.3) is 0 Å². The molecule has 1 spiro atoms. The third kappa shape index (κ3) is 8.01. The number of anilines is 1. The number of alkyl carbamates (subject to hydrolysis) is 1. The van der Waals surface area contributed by atoms with Gasteiger partial charge in [-0.25, -0.2) is 19.2 Å². The Kier molecular flexibility index (Phi) is 10.1. The highest BCUT2D eigenvalue weighted by molar-refractivity contribution is 5.97. The molecule has 4 saturated heterocycles. The summed E-state index contributed by atoms with van der Waals surface area (Å²) in [6.45, 7) is 15.4. The van der Waals surface area contributed by atoms with Crippen molar-refractivity contribution in [3.63, 3.8) is 0 Å². The van der Waals surface area contributed by atoms with Gasteiger partial charge >= 0.3 is 6.09 Å². The summed E-state index contributed by atoms with van der Waals surface area (Å²) in [5.74, 6) is 0.566. The van der Waals surface area contributed by atoms with Crippen molar-refractivity contribution in [1.29, 1.82) is 0 Å². The summed E-state index contributed by atoms with van der Waals surface area (Å²) in [4.78, 5) is 41.0. The first-order valence-corrected chi connectivity index (χ1v) is 17.1. The number of likely N-dealkylation sites (tertiary alicyclic amines) is 1. The molecule has 4 aliphatic heterocycles. The molecule has 2 aromatic rings. The van der Waals surface area contributed by atoms with Crippen molar-refractivity contribution in [2.24, 2.45) is 5.41 Å². The summed E-state index contributed by atoms with van der Waals surface area (Å²) in [5.41, 5.74) is -0.157. The van der Waals surface area contributed by atoms with Crippen molar-refractivity contribution in [3.8, 4) is 11.5 Å². The van der Waals surface area contributed by atoms with Gasteiger partial charge in [-0.2, -0.15) is 0 Å². The number of amides is 2. The number of carbonyl (C=O) groups is 2. The quantitative estimate of drug-likeness (QED) is 0.448. The number of hydrogen-bond acceptors (Lipinski definition) is 10. The number of nitrogens with zero attached hydrogens (tertiary/aromatic N) is 5. The molecule has 4 atom stereocenters. The van der Waals surface area contributed by atoms with E-state index in [1.54, 1.807) is 11.1 Å². The molecule has 12 nitrogen and oxygen atoms in total. The molecular formula is C35H49FN6O6. The average molecular weight is 669 g/mol. The maximum absolute atomic E-state index is 14.4. The minimum absolute atomic E-state index is 0.0235. The lowest BCUT2D eigenvalue weighted by molar-refractivity contribution is -0.0347. The molecule has 0 saturated carbocycles.